The molecule has 6 nitrogen and oxygen atoms in total. The molecule has 1 saturated heterocycles. The van der Waals surface area contributed by atoms with Crippen LogP contribution in [0.25, 0.3) is 0 Å². The van der Waals surface area contributed by atoms with Crippen LogP contribution < -0.4 is 4.72 Å². The van der Waals surface area contributed by atoms with E-state index in [1.165, 1.54) is 0 Å². The predicted molar refractivity (Wildman–Crippen MR) is 128 cm³/mol. The van der Waals surface area contributed by atoms with Crippen molar-refractivity contribution in [2.75, 3.05) is 24.1 Å². The number of sulfonamides is 1. The molecule has 1 aliphatic heterocycles. The van der Waals surface area contributed by atoms with Crippen molar-refractivity contribution in [3.05, 3.63) is 59.4 Å². The zero-order chi connectivity index (χ0) is 20.6. The van der Waals surface area contributed by atoms with Gasteiger partial charge in [0, 0.05) is 29.4 Å². The minimum Gasteiger partial charge on any atom is -0.295 e. The summed E-state index contributed by atoms with van der Waals surface area (Å²) in [6.07, 6.45) is 5.70. The zero-order valence-electron chi connectivity index (χ0n) is 17.7. The number of hydrogen-bond acceptors (Lipinski definition) is 5. The van der Waals surface area contributed by atoms with Crippen LogP contribution in [0.3, 0.4) is 0 Å². The first-order valence-corrected chi connectivity index (χ1v) is 12.0. The first-order valence-electron chi connectivity index (χ1n) is 10.1. The Labute approximate surface area is 196 Å². The molecule has 9 heteroatoms. The van der Waals surface area contributed by atoms with Crippen LogP contribution in [0, 0.1) is 11.8 Å². The molecule has 1 aliphatic carbocycles. The zero-order valence-corrected chi connectivity index (χ0v) is 20.1. The molecule has 2 aromatic rings. The van der Waals surface area contributed by atoms with Crippen LogP contribution in [0.15, 0.2) is 42.6 Å². The maximum absolute atomic E-state index is 13.0. The molecule has 4 rings (SSSR count). The van der Waals surface area contributed by atoms with Gasteiger partial charge in [-0.25, -0.2) is 8.42 Å². The second-order valence-electron chi connectivity index (χ2n) is 8.22. The fourth-order valence-corrected chi connectivity index (χ4v) is 5.25. The molecule has 0 bridgehead atoms. The minimum absolute atomic E-state index is 0. The van der Waals surface area contributed by atoms with Gasteiger partial charge in [-0.15, -0.1) is 24.8 Å². The first kappa shape index (κ1) is 25.6. The number of carbonyl (C=O) groups excluding carboxylic acids is 1. The van der Waals surface area contributed by atoms with E-state index in [2.05, 4.69) is 27.6 Å². The van der Waals surface area contributed by atoms with Gasteiger partial charge >= 0.3 is 0 Å². The fourth-order valence-electron chi connectivity index (χ4n) is 4.69. The largest absolute Gasteiger partial charge is 0.295 e. The highest BCUT2D eigenvalue weighted by Crippen LogP contribution is 2.38. The summed E-state index contributed by atoms with van der Waals surface area (Å²) >= 11 is 0. The third kappa shape index (κ3) is 5.77. The number of ketones is 1. The lowest BCUT2D eigenvalue weighted by atomic mass is 9.81. The Morgan fingerprint density at radius 3 is 2.45 bits per heavy atom. The van der Waals surface area contributed by atoms with Crippen LogP contribution in [0.5, 0.6) is 0 Å². The van der Waals surface area contributed by atoms with Crippen LogP contribution in [0.4, 0.5) is 5.69 Å². The van der Waals surface area contributed by atoms with E-state index >= 15 is 0 Å². The summed E-state index contributed by atoms with van der Waals surface area (Å²) in [5.74, 6) is 0.535. The van der Waals surface area contributed by atoms with E-state index in [1.807, 2.05) is 24.4 Å². The molecule has 2 unspecified atom stereocenters. The summed E-state index contributed by atoms with van der Waals surface area (Å²) in [5, 5.41) is 0. The standard InChI is InChI=1S/C22H27N3O3S.2ClH/c1-15(21-5-3-4-10-23-21)25-11-8-16(9-12-25)19-13-17-6-7-18(24-29(2,27)28)14-20(17)22(19)26;;/h3-7,10,14-16,19,24H,8-9,11-13H2,1-2H3;2*1H. The van der Waals surface area contributed by atoms with Crippen LogP contribution in [0.2, 0.25) is 0 Å². The summed E-state index contributed by atoms with van der Waals surface area (Å²) in [5.41, 5.74) is 3.25. The Bertz CT molecular complexity index is 1010. The molecule has 0 amide bonds. The van der Waals surface area contributed by atoms with Gasteiger partial charge in [0.05, 0.1) is 11.9 Å². The molecule has 0 saturated carbocycles. The monoisotopic (exact) mass is 485 g/mol. The maximum atomic E-state index is 13.0. The van der Waals surface area contributed by atoms with Crippen molar-refractivity contribution in [1.82, 2.24) is 9.88 Å². The van der Waals surface area contributed by atoms with E-state index in [4.69, 9.17) is 0 Å². The topological polar surface area (TPSA) is 79.4 Å². The van der Waals surface area contributed by atoms with Gasteiger partial charge in [0.15, 0.2) is 5.78 Å². The van der Waals surface area contributed by atoms with Gasteiger partial charge in [0.25, 0.3) is 0 Å². The highest BCUT2D eigenvalue weighted by Gasteiger charge is 2.38. The quantitative estimate of drug-likeness (QED) is 0.688. The average molecular weight is 486 g/mol. The number of hydrogen-bond donors (Lipinski definition) is 1. The van der Waals surface area contributed by atoms with Gasteiger partial charge in [-0.2, -0.15) is 0 Å². The van der Waals surface area contributed by atoms with Crippen molar-refractivity contribution in [2.45, 2.75) is 32.2 Å². The molecule has 1 fully saturated rings. The van der Waals surface area contributed by atoms with Crippen LogP contribution in [-0.2, 0) is 16.4 Å². The normalized spacial score (nSPS) is 20.3. The smallest absolute Gasteiger partial charge is 0.229 e. The van der Waals surface area contributed by atoms with E-state index in [0.29, 0.717) is 17.2 Å². The number of Topliss-reactive ketones (excluding diaryl/α,β-unsaturated/α-hetero) is 1. The predicted octanol–water partition coefficient (Wildman–Crippen LogP) is 4.12. The highest BCUT2D eigenvalue weighted by atomic mass is 35.5. The summed E-state index contributed by atoms with van der Waals surface area (Å²) in [4.78, 5) is 20.0. The van der Waals surface area contributed by atoms with E-state index in [9.17, 15) is 13.2 Å². The molecule has 2 aliphatic rings. The number of benzene rings is 1. The first-order chi connectivity index (χ1) is 13.8. The van der Waals surface area contributed by atoms with Gasteiger partial charge in [-0.05, 0) is 75.0 Å². The number of carbonyl (C=O) groups is 1. The van der Waals surface area contributed by atoms with Gasteiger partial charge < -0.3 is 0 Å². The summed E-state index contributed by atoms with van der Waals surface area (Å²) < 4.78 is 25.4. The van der Waals surface area contributed by atoms with Gasteiger partial charge in [0.1, 0.15) is 0 Å². The lowest BCUT2D eigenvalue weighted by Crippen LogP contribution is -2.39. The van der Waals surface area contributed by atoms with E-state index in [1.54, 1.807) is 12.1 Å². The number of likely N-dealkylation sites (tertiary alicyclic amines) is 1. The summed E-state index contributed by atoms with van der Waals surface area (Å²) in [7, 11) is -3.36. The molecular formula is C22H29Cl2N3O3S. The molecule has 0 spiro atoms. The van der Waals surface area contributed by atoms with Crippen LogP contribution >= 0.6 is 24.8 Å². The molecule has 1 aromatic carbocycles. The number of aromatic nitrogens is 1. The van der Waals surface area contributed by atoms with Crippen molar-refractivity contribution in [3.8, 4) is 0 Å². The number of piperidine rings is 1. The number of rotatable bonds is 5. The summed E-state index contributed by atoms with van der Waals surface area (Å²) in [6.45, 7) is 4.11. The molecule has 1 aromatic heterocycles. The van der Waals surface area contributed by atoms with Crippen molar-refractivity contribution in [3.63, 3.8) is 0 Å². The molecule has 1 N–H and O–H groups in total. The van der Waals surface area contributed by atoms with Crippen LogP contribution in [0.1, 0.15) is 47.4 Å². The Morgan fingerprint density at radius 2 is 1.84 bits per heavy atom. The Balaban J connectivity index is 0.00000171. The number of anilines is 1. The number of fused-ring (bicyclic) bond motifs is 1. The molecule has 170 valence electrons. The lowest BCUT2D eigenvalue weighted by molar-refractivity contribution is 0.0779. The molecule has 0 radical (unpaired) electrons. The lowest BCUT2D eigenvalue weighted by Gasteiger charge is -2.37. The Hall–Kier alpha value is -1.67. The number of halogens is 2. The number of pyridine rings is 1. The van der Waals surface area contributed by atoms with Crippen molar-refractivity contribution in [1.29, 1.82) is 0 Å². The third-order valence-corrected chi connectivity index (χ3v) is 6.87. The fraction of sp³-hybridized carbons (Fsp3) is 0.455. The van der Waals surface area contributed by atoms with Crippen molar-refractivity contribution < 1.29 is 13.2 Å². The SMILES string of the molecule is CC(c1ccccn1)N1CCC(C2Cc3ccc(NS(C)(=O)=O)cc3C2=O)CC1.Cl.Cl. The van der Waals surface area contributed by atoms with E-state index in [0.717, 1.165) is 49.9 Å². The second-order valence-corrected chi connectivity index (χ2v) is 9.97. The molecular weight excluding hydrogens is 457 g/mol. The van der Waals surface area contributed by atoms with Crippen LogP contribution in [-0.4, -0.2) is 43.4 Å². The van der Waals surface area contributed by atoms with E-state index in [-0.39, 0.29) is 42.6 Å². The van der Waals surface area contributed by atoms with Gasteiger partial charge in [-0.1, -0.05) is 12.1 Å². The molecule has 2 atom stereocenters. The van der Waals surface area contributed by atoms with Crippen molar-refractivity contribution >= 4 is 46.3 Å². The Morgan fingerprint density at radius 1 is 1.13 bits per heavy atom. The highest BCUT2D eigenvalue weighted by molar-refractivity contribution is 7.92. The molecule has 2 heterocycles. The van der Waals surface area contributed by atoms with Gasteiger partial charge in [0.2, 0.25) is 10.0 Å². The number of nitrogens with zero attached hydrogens (tertiary/aromatic N) is 2. The average Bonchev–Trinajstić information content (AvgIpc) is 3.03. The van der Waals surface area contributed by atoms with Crippen molar-refractivity contribution in [2.24, 2.45) is 11.8 Å². The van der Waals surface area contributed by atoms with E-state index < -0.39 is 10.0 Å². The number of nitrogens with one attached hydrogen (secondary N) is 1. The maximum Gasteiger partial charge on any atom is 0.229 e. The second kappa shape index (κ2) is 10.3. The van der Waals surface area contributed by atoms with Gasteiger partial charge in [-0.3, -0.25) is 19.4 Å². The molecule has 31 heavy (non-hydrogen) atoms. The third-order valence-electron chi connectivity index (χ3n) is 6.26. The minimum atomic E-state index is -3.36. The summed E-state index contributed by atoms with van der Waals surface area (Å²) in [6, 6.07) is 11.6. The Kier molecular flexibility index (Phi) is 8.50.